The highest BCUT2D eigenvalue weighted by molar-refractivity contribution is 5.90. The van der Waals surface area contributed by atoms with E-state index in [2.05, 4.69) is 37.1 Å². The highest BCUT2D eigenvalue weighted by atomic mass is 15.3. The van der Waals surface area contributed by atoms with Crippen molar-refractivity contribution in [3.05, 3.63) is 17.5 Å². The van der Waals surface area contributed by atoms with E-state index in [1.54, 1.807) is 0 Å². The number of nitrogens with zero attached hydrogens (tertiary/aromatic N) is 3. The van der Waals surface area contributed by atoms with Crippen molar-refractivity contribution in [3.8, 4) is 0 Å². The van der Waals surface area contributed by atoms with Crippen molar-refractivity contribution in [2.45, 2.75) is 58.9 Å². The molecule has 1 aliphatic carbocycles. The maximum atomic E-state index is 6.11. The van der Waals surface area contributed by atoms with Gasteiger partial charge in [-0.25, -0.2) is 4.98 Å². The van der Waals surface area contributed by atoms with Crippen LogP contribution in [-0.4, -0.2) is 14.8 Å². The highest BCUT2D eigenvalue weighted by Gasteiger charge is 2.26. The summed E-state index contributed by atoms with van der Waals surface area (Å²) in [6.07, 6.45) is 6.94. The van der Waals surface area contributed by atoms with Crippen LogP contribution >= 0.6 is 0 Å². The van der Waals surface area contributed by atoms with Crippen molar-refractivity contribution in [3.63, 3.8) is 0 Å². The maximum absolute atomic E-state index is 6.11. The first-order valence-corrected chi connectivity index (χ1v) is 7.75. The predicted molar refractivity (Wildman–Crippen MR) is 82.7 cm³/mol. The SMILES string of the molecule is CCn1cc2c3c(nc(N)c2n1)CCCC3CC(C)C. The lowest BCUT2D eigenvalue weighted by molar-refractivity contribution is 0.447. The molecular weight excluding hydrogens is 248 g/mol. The van der Waals surface area contributed by atoms with E-state index < -0.39 is 0 Å². The van der Waals surface area contributed by atoms with Gasteiger partial charge in [-0.05, 0) is 50.0 Å². The molecular formula is C16H24N4. The van der Waals surface area contributed by atoms with E-state index in [9.17, 15) is 0 Å². The number of pyridine rings is 1. The summed E-state index contributed by atoms with van der Waals surface area (Å²) < 4.78 is 1.98. The van der Waals surface area contributed by atoms with E-state index in [1.165, 1.54) is 35.9 Å². The van der Waals surface area contributed by atoms with Gasteiger partial charge in [0.2, 0.25) is 0 Å². The fourth-order valence-corrected chi connectivity index (χ4v) is 3.49. The molecule has 20 heavy (non-hydrogen) atoms. The van der Waals surface area contributed by atoms with Crippen LogP contribution in [0.3, 0.4) is 0 Å². The van der Waals surface area contributed by atoms with Gasteiger partial charge in [0.1, 0.15) is 5.52 Å². The van der Waals surface area contributed by atoms with Crippen LogP contribution in [0.25, 0.3) is 10.9 Å². The molecule has 0 bridgehead atoms. The Kier molecular flexibility index (Phi) is 3.40. The van der Waals surface area contributed by atoms with Crippen molar-refractivity contribution in [1.29, 1.82) is 0 Å². The largest absolute Gasteiger partial charge is 0.382 e. The van der Waals surface area contributed by atoms with E-state index in [-0.39, 0.29) is 0 Å². The van der Waals surface area contributed by atoms with Crippen molar-refractivity contribution in [2.24, 2.45) is 5.92 Å². The van der Waals surface area contributed by atoms with Crippen LogP contribution in [0.5, 0.6) is 0 Å². The van der Waals surface area contributed by atoms with Crippen LogP contribution in [0.15, 0.2) is 6.20 Å². The van der Waals surface area contributed by atoms with Gasteiger partial charge in [-0.3, -0.25) is 4.68 Å². The van der Waals surface area contributed by atoms with Crippen LogP contribution in [0, 0.1) is 5.92 Å². The quantitative estimate of drug-likeness (QED) is 0.930. The van der Waals surface area contributed by atoms with Gasteiger partial charge in [0, 0.05) is 23.8 Å². The Morgan fingerprint density at radius 3 is 2.95 bits per heavy atom. The summed E-state index contributed by atoms with van der Waals surface area (Å²) in [5, 5.41) is 5.82. The van der Waals surface area contributed by atoms with Crippen molar-refractivity contribution in [1.82, 2.24) is 14.8 Å². The summed E-state index contributed by atoms with van der Waals surface area (Å²) >= 11 is 0. The molecule has 4 heteroatoms. The number of nitrogen functional groups attached to an aromatic ring is 1. The molecule has 0 aromatic carbocycles. The number of hydrogen-bond donors (Lipinski definition) is 1. The molecule has 3 rings (SSSR count). The second-order valence-corrected chi connectivity index (χ2v) is 6.32. The van der Waals surface area contributed by atoms with Gasteiger partial charge in [0.15, 0.2) is 5.82 Å². The number of hydrogen-bond acceptors (Lipinski definition) is 3. The van der Waals surface area contributed by atoms with Crippen molar-refractivity contribution >= 4 is 16.7 Å². The Labute approximate surface area is 120 Å². The first kappa shape index (κ1) is 13.4. The first-order valence-electron chi connectivity index (χ1n) is 7.75. The van der Waals surface area contributed by atoms with E-state index in [1.807, 2.05) is 4.68 Å². The normalized spacial score (nSPS) is 18.7. The number of anilines is 1. The van der Waals surface area contributed by atoms with Gasteiger partial charge in [-0.2, -0.15) is 5.10 Å². The second-order valence-electron chi connectivity index (χ2n) is 6.32. The topological polar surface area (TPSA) is 56.7 Å². The van der Waals surface area contributed by atoms with Crippen LogP contribution in [-0.2, 0) is 13.0 Å². The molecule has 108 valence electrons. The van der Waals surface area contributed by atoms with E-state index in [0.29, 0.717) is 17.7 Å². The third-order valence-corrected chi connectivity index (χ3v) is 4.32. The zero-order valence-electron chi connectivity index (χ0n) is 12.7. The van der Waals surface area contributed by atoms with Crippen LogP contribution in [0.2, 0.25) is 0 Å². The van der Waals surface area contributed by atoms with Gasteiger partial charge >= 0.3 is 0 Å². The lowest BCUT2D eigenvalue weighted by Crippen LogP contribution is -2.15. The fraction of sp³-hybridized carbons (Fsp3) is 0.625. The van der Waals surface area contributed by atoms with Gasteiger partial charge in [0.05, 0.1) is 0 Å². The summed E-state index contributed by atoms with van der Waals surface area (Å²) in [6, 6.07) is 0. The van der Waals surface area contributed by atoms with Gasteiger partial charge < -0.3 is 5.73 Å². The number of aryl methyl sites for hydroxylation is 2. The molecule has 1 unspecified atom stereocenters. The lowest BCUT2D eigenvalue weighted by Gasteiger charge is -2.27. The zero-order valence-corrected chi connectivity index (χ0v) is 12.7. The third-order valence-electron chi connectivity index (χ3n) is 4.32. The molecule has 0 radical (unpaired) electrons. The Morgan fingerprint density at radius 1 is 1.45 bits per heavy atom. The Balaban J connectivity index is 2.19. The molecule has 2 heterocycles. The Bertz CT molecular complexity index is 627. The number of rotatable bonds is 3. The molecule has 2 aromatic heterocycles. The van der Waals surface area contributed by atoms with Gasteiger partial charge in [-0.1, -0.05) is 13.8 Å². The minimum absolute atomic E-state index is 0.594. The minimum Gasteiger partial charge on any atom is -0.382 e. The van der Waals surface area contributed by atoms with E-state index in [4.69, 9.17) is 5.73 Å². The van der Waals surface area contributed by atoms with Crippen LogP contribution in [0.1, 0.15) is 57.2 Å². The first-order chi connectivity index (χ1) is 9.60. The summed E-state index contributed by atoms with van der Waals surface area (Å²) in [5.74, 6) is 1.92. The molecule has 4 nitrogen and oxygen atoms in total. The molecule has 0 aliphatic heterocycles. The molecule has 0 saturated carbocycles. The Morgan fingerprint density at radius 2 is 2.25 bits per heavy atom. The molecule has 1 atom stereocenters. The molecule has 0 fully saturated rings. The average Bonchev–Trinajstić information content (AvgIpc) is 2.83. The molecule has 2 aromatic rings. The number of aromatic nitrogens is 3. The van der Waals surface area contributed by atoms with Gasteiger partial charge in [-0.15, -0.1) is 0 Å². The highest BCUT2D eigenvalue weighted by Crippen LogP contribution is 2.40. The molecule has 0 spiro atoms. The number of nitrogens with two attached hydrogens (primary N) is 1. The maximum Gasteiger partial charge on any atom is 0.152 e. The second kappa shape index (κ2) is 5.08. The molecule has 0 saturated heterocycles. The third kappa shape index (κ3) is 2.17. The van der Waals surface area contributed by atoms with Gasteiger partial charge in [0.25, 0.3) is 0 Å². The summed E-state index contributed by atoms with van der Waals surface area (Å²) in [6.45, 7) is 7.57. The van der Waals surface area contributed by atoms with E-state index >= 15 is 0 Å². The van der Waals surface area contributed by atoms with Crippen molar-refractivity contribution in [2.75, 3.05) is 5.73 Å². The zero-order chi connectivity index (χ0) is 14.3. The summed E-state index contributed by atoms with van der Waals surface area (Å²) in [7, 11) is 0. The summed E-state index contributed by atoms with van der Waals surface area (Å²) in [4.78, 5) is 4.65. The lowest BCUT2D eigenvalue weighted by atomic mass is 9.79. The molecule has 1 aliphatic rings. The Hall–Kier alpha value is -1.58. The van der Waals surface area contributed by atoms with Crippen LogP contribution in [0.4, 0.5) is 5.82 Å². The molecule has 0 amide bonds. The number of fused-ring (bicyclic) bond motifs is 3. The summed E-state index contributed by atoms with van der Waals surface area (Å²) in [5.41, 5.74) is 9.63. The fourth-order valence-electron chi connectivity index (χ4n) is 3.49. The smallest absolute Gasteiger partial charge is 0.152 e. The average molecular weight is 272 g/mol. The standard InChI is InChI=1S/C16H24N4/c1-4-20-9-12-14-11(8-10(2)3)6-5-7-13(14)18-16(17)15(12)19-20/h9-11H,4-8H2,1-3H3,(H2,17,18). The molecule has 2 N–H and O–H groups in total. The van der Waals surface area contributed by atoms with Crippen LogP contribution < -0.4 is 5.73 Å². The van der Waals surface area contributed by atoms with E-state index in [0.717, 1.165) is 18.5 Å². The predicted octanol–water partition coefficient (Wildman–Crippen LogP) is 3.50. The van der Waals surface area contributed by atoms with Crippen molar-refractivity contribution < 1.29 is 0 Å². The monoisotopic (exact) mass is 272 g/mol. The minimum atomic E-state index is 0.594.